The molecule has 0 fully saturated rings. The Kier molecular flexibility index (Phi) is 7.61. The van der Waals surface area contributed by atoms with Crippen LogP contribution in [-0.4, -0.2) is 35.5 Å². The maximum atomic E-state index is 13.2. The number of benzene rings is 2. The summed E-state index contributed by atoms with van der Waals surface area (Å²) in [7, 11) is 0. The second-order valence-electron chi connectivity index (χ2n) is 8.07. The Bertz CT molecular complexity index is 1140. The number of aryl methyl sites for hydroxylation is 1. The third kappa shape index (κ3) is 5.22. The number of carbonyl (C=O) groups is 2. The molecular weight excluding hydrogens is 451 g/mol. The van der Waals surface area contributed by atoms with E-state index < -0.39 is 23.3 Å². The molecule has 1 atom stereocenters. The number of nitrogens with two attached hydrogens (primary N) is 1. The highest BCUT2D eigenvalue weighted by atomic mass is 19.4. The molecule has 0 saturated carbocycles. The van der Waals surface area contributed by atoms with Crippen LogP contribution in [0.4, 0.5) is 13.2 Å². The van der Waals surface area contributed by atoms with Gasteiger partial charge in [-0.1, -0.05) is 48.8 Å². The molecule has 3 aromatic rings. The van der Waals surface area contributed by atoms with Crippen molar-refractivity contribution >= 4 is 23.3 Å². The molecule has 0 saturated heterocycles. The quantitative estimate of drug-likeness (QED) is 0.343. The van der Waals surface area contributed by atoms with Crippen LogP contribution in [0.5, 0.6) is 5.75 Å². The van der Waals surface area contributed by atoms with E-state index in [1.165, 1.54) is 19.1 Å². The number of hydrogen-bond acceptors (Lipinski definition) is 6. The lowest BCUT2D eigenvalue weighted by atomic mass is 9.91. The van der Waals surface area contributed by atoms with E-state index in [0.29, 0.717) is 42.5 Å². The topological polar surface area (TPSA) is 98.7 Å². The highest BCUT2D eigenvalue weighted by Crippen LogP contribution is 2.38. The lowest BCUT2D eigenvalue weighted by Gasteiger charge is -2.28. The van der Waals surface area contributed by atoms with Gasteiger partial charge in [0.2, 0.25) is 6.41 Å². The van der Waals surface area contributed by atoms with Crippen LogP contribution in [0.3, 0.4) is 0 Å². The molecule has 0 radical (unpaired) electrons. The van der Waals surface area contributed by atoms with Gasteiger partial charge in [0.1, 0.15) is 11.3 Å². The van der Waals surface area contributed by atoms with Crippen molar-refractivity contribution in [1.82, 2.24) is 10.1 Å². The van der Waals surface area contributed by atoms with Crippen LogP contribution in [0.1, 0.15) is 43.5 Å². The molecule has 10 heteroatoms. The fourth-order valence-corrected chi connectivity index (χ4v) is 3.69. The number of aromatic nitrogens is 1. The molecular formula is C24H26F3N3O4. The maximum Gasteiger partial charge on any atom is 0.437 e. The Morgan fingerprint density at radius 1 is 1.21 bits per heavy atom. The summed E-state index contributed by atoms with van der Waals surface area (Å²) in [4.78, 5) is 25.4. The summed E-state index contributed by atoms with van der Waals surface area (Å²) in [6.07, 6.45) is -2.82. The van der Waals surface area contributed by atoms with Gasteiger partial charge in [0.05, 0.1) is 12.0 Å². The zero-order chi connectivity index (χ0) is 24.9. The van der Waals surface area contributed by atoms with Crippen LogP contribution in [0.15, 0.2) is 47.0 Å². The van der Waals surface area contributed by atoms with Gasteiger partial charge in [0.25, 0.3) is 5.91 Å². The van der Waals surface area contributed by atoms with Gasteiger partial charge in [-0.05, 0) is 37.5 Å². The molecule has 0 spiro atoms. The van der Waals surface area contributed by atoms with Gasteiger partial charge in [-0.15, -0.1) is 0 Å². The normalized spacial score (nSPS) is 13.5. The van der Waals surface area contributed by atoms with Gasteiger partial charge in [-0.3, -0.25) is 14.5 Å². The zero-order valence-electron chi connectivity index (χ0n) is 18.9. The summed E-state index contributed by atoms with van der Waals surface area (Å²) >= 11 is 0. The molecule has 182 valence electrons. The van der Waals surface area contributed by atoms with Crippen LogP contribution in [0, 0.1) is 0 Å². The van der Waals surface area contributed by atoms with Crippen LogP contribution in [0.2, 0.25) is 0 Å². The van der Waals surface area contributed by atoms with Crippen LogP contribution in [-0.2, 0) is 27.7 Å². The van der Waals surface area contributed by atoms with Crippen molar-refractivity contribution in [3.63, 3.8) is 0 Å². The van der Waals surface area contributed by atoms with Crippen molar-refractivity contribution in [3.05, 3.63) is 59.3 Å². The SMILES string of the molecule is CCCc1c(OCCCN(C=O)C(=O)C(C)(N)c2ccccc2)ccc2c(C(F)(F)F)noc12. The van der Waals surface area contributed by atoms with Gasteiger partial charge in [-0.25, -0.2) is 0 Å². The molecule has 3 rings (SSSR count). The first-order valence-corrected chi connectivity index (χ1v) is 10.8. The van der Waals surface area contributed by atoms with E-state index in [0.717, 1.165) is 4.90 Å². The van der Waals surface area contributed by atoms with Crippen molar-refractivity contribution in [1.29, 1.82) is 0 Å². The minimum atomic E-state index is -4.63. The molecule has 1 heterocycles. The highest BCUT2D eigenvalue weighted by molar-refractivity contribution is 5.93. The molecule has 2 aromatic carbocycles. The van der Waals surface area contributed by atoms with E-state index in [1.54, 1.807) is 30.3 Å². The van der Waals surface area contributed by atoms with Crippen molar-refractivity contribution in [3.8, 4) is 5.75 Å². The van der Waals surface area contributed by atoms with Gasteiger partial charge in [-0.2, -0.15) is 13.2 Å². The Labute approximate surface area is 194 Å². The second-order valence-corrected chi connectivity index (χ2v) is 8.07. The molecule has 2 amide bonds. The number of carbonyl (C=O) groups excluding carboxylic acids is 2. The first-order valence-electron chi connectivity index (χ1n) is 10.8. The average molecular weight is 477 g/mol. The predicted molar refractivity (Wildman–Crippen MR) is 119 cm³/mol. The van der Waals surface area contributed by atoms with Crippen molar-refractivity contribution in [2.45, 2.75) is 44.8 Å². The zero-order valence-corrected chi connectivity index (χ0v) is 18.9. The predicted octanol–water partition coefficient (Wildman–Crippen LogP) is 4.43. The molecule has 1 aromatic heterocycles. The largest absolute Gasteiger partial charge is 0.493 e. The summed E-state index contributed by atoms with van der Waals surface area (Å²) < 4.78 is 50.3. The molecule has 34 heavy (non-hydrogen) atoms. The van der Waals surface area contributed by atoms with Crippen LogP contribution >= 0.6 is 0 Å². The fourth-order valence-electron chi connectivity index (χ4n) is 3.69. The third-order valence-corrected chi connectivity index (χ3v) is 5.48. The number of ether oxygens (including phenoxy) is 1. The van der Waals surface area contributed by atoms with Crippen LogP contribution in [0.25, 0.3) is 11.0 Å². The number of fused-ring (bicyclic) bond motifs is 1. The van der Waals surface area contributed by atoms with E-state index in [2.05, 4.69) is 5.16 Å². The molecule has 2 N–H and O–H groups in total. The Morgan fingerprint density at radius 3 is 2.53 bits per heavy atom. The summed E-state index contributed by atoms with van der Waals surface area (Å²) in [5.41, 5.74) is 4.86. The number of rotatable bonds is 10. The minimum Gasteiger partial charge on any atom is -0.493 e. The first-order chi connectivity index (χ1) is 16.1. The lowest BCUT2D eigenvalue weighted by Crippen LogP contribution is -2.50. The van der Waals surface area contributed by atoms with Crippen molar-refractivity contribution < 1.29 is 32.0 Å². The smallest absolute Gasteiger partial charge is 0.437 e. The van der Waals surface area contributed by atoms with Crippen molar-refractivity contribution in [2.75, 3.05) is 13.2 Å². The molecule has 1 unspecified atom stereocenters. The van der Waals surface area contributed by atoms with E-state index in [9.17, 15) is 22.8 Å². The van der Waals surface area contributed by atoms with Gasteiger partial charge >= 0.3 is 6.18 Å². The molecule has 0 aliphatic heterocycles. The second kappa shape index (κ2) is 10.3. The monoisotopic (exact) mass is 477 g/mol. The summed E-state index contributed by atoms with van der Waals surface area (Å²) in [6, 6.07) is 11.4. The van der Waals surface area contributed by atoms with Gasteiger partial charge in [0, 0.05) is 12.1 Å². The van der Waals surface area contributed by atoms with Crippen molar-refractivity contribution in [2.24, 2.45) is 5.73 Å². The van der Waals surface area contributed by atoms with Crippen LogP contribution < -0.4 is 10.5 Å². The molecule has 7 nitrogen and oxygen atoms in total. The van der Waals surface area contributed by atoms with E-state index in [1.807, 2.05) is 6.92 Å². The average Bonchev–Trinajstić information content (AvgIpc) is 3.25. The number of hydrogen-bond donors (Lipinski definition) is 1. The lowest BCUT2D eigenvalue weighted by molar-refractivity contribution is -0.143. The van der Waals surface area contributed by atoms with E-state index in [-0.39, 0.29) is 24.1 Å². The first kappa shape index (κ1) is 25.2. The standard InChI is InChI=1S/C24H26F3N3O4/c1-3-8-17-19(12-11-18-20(17)34-29-21(18)24(25,26)27)33-14-7-13-30(15-31)22(32)23(2,28)16-9-5-4-6-10-16/h4-6,9-12,15H,3,7-8,13-14,28H2,1-2H3. The summed E-state index contributed by atoms with van der Waals surface area (Å²) in [5, 5.41) is 3.08. The van der Waals surface area contributed by atoms with E-state index >= 15 is 0 Å². The van der Waals surface area contributed by atoms with Gasteiger partial charge in [0.15, 0.2) is 11.3 Å². The number of alkyl halides is 3. The van der Waals surface area contributed by atoms with Gasteiger partial charge < -0.3 is 15.0 Å². The molecule has 0 aliphatic rings. The Hall–Kier alpha value is -3.40. The Balaban J connectivity index is 1.68. The summed E-state index contributed by atoms with van der Waals surface area (Å²) in [6.45, 7) is 3.60. The van der Waals surface area contributed by atoms with E-state index in [4.69, 9.17) is 15.0 Å². The molecule has 0 aliphatic carbocycles. The highest BCUT2D eigenvalue weighted by Gasteiger charge is 2.38. The number of nitrogens with zero attached hydrogens (tertiary/aromatic N) is 2. The third-order valence-electron chi connectivity index (χ3n) is 5.48. The number of imide groups is 1. The number of halogens is 3. The fraction of sp³-hybridized carbons (Fsp3) is 0.375. The molecule has 0 bridgehead atoms. The Morgan fingerprint density at radius 2 is 1.91 bits per heavy atom. The minimum absolute atomic E-state index is 0.0399. The maximum absolute atomic E-state index is 13.2. The summed E-state index contributed by atoms with van der Waals surface area (Å²) in [5.74, 6) is -0.181. The number of amides is 2.